The molecular weight excluding hydrogens is 312 g/mol. The Balaban J connectivity index is 0.000000243. The number of ether oxygens (including phenoxy) is 1. The van der Waals surface area contributed by atoms with E-state index in [0.717, 1.165) is 31.3 Å². The number of nitrogen functional groups attached to an aromatic ring is 3. The lowest BCUT2D eigenvalue weighted by atomic mass is 10.2. The van der Waals surface area contributed by atoms with Crippen molar-refractivity contribution in [3.05, 3.63) is 46.5 Å². The first-order chi connectivity index (χ1) is 11.3. The van der Waals surface area contributed by atoms with Crippen LogP contribution < -0.4 is 21.9 Å². The maximum absolute atomic E-state index is 10.2. The third kappa shape index (κ3) is 5.91. The van der Waals surface area contributed by atoms with Gasteiger partial charge in [0.2, 0.25) is 0 Å². The minimum atomic E-state index is -0.644. The van der Waals surface area contributed by atoms with Gasteiger partial charge in [0.05, 0.1) is 29.0 Å². The third-order valence-electron chi connectivity index (χ3n) is 3.04. The second-order valence-corrected chi connectivity index (χ2v) is 4.99. The lowest BCUT2D eigenvalue weighted by molar-refractivity contribution is -0.384. The number of benzene rings is 2. The van der Waals surface area contributed by atoms with Crippen molar-refractivity contribution in [2.45, 2.75) is 19.8 Å². The SMILES string of the molecule is CCCCOc1ccc(N)c(N)c1.Nc1ccc(O)cc1[N+](=O)[O-]. The molecular formula is C16H22N4O4. The van der Waals surface area contributed by atoms with Gasteiger partial charge in [0.25, 0.3) is 5.69 Å². The molecule has 0 aliphatic carbocycles. The fourth-order valence-electron chi connectivity index (χ4n) is 1.67. The van der Waals surface area contributed by atoms with Crippen LogP contribution in [-0.2, 0) is 0 Å². The number of nitrogens with zero attached hydrogens (tertiary/aromatic N) is 1. The van der Waals surface area contributed by atoms with E-state index < -0.39 is 4.92 Å². The van der Waals surface area contributed by atoms with Crippen molar-refractivity contribution in [1.82, 2.24) is 0 Å². The van der Waals surface area contributed by atoms with Crippen LogP contribution in [0.1, 0.15) is 19.8 Å². The molecule has 0 fully saturated rings. The molecule has 0 unspecified atom stereocenters. The van der Waals surface area contributed by atoms with Gasteiger partial charge in [-0.2, -0.15) is 0 Å². The van der Waals surface area contributed by atoms with Crippen molar-refractivity contribution in [3.63, 3.8) is 0 Å². The zero-order chi connectivity index (χ0) is 18.1. The first kappa shape index (κ1) is 18.9. The number of hydrogen-bond donors (Lipinski definition) is 4. The van der Waals surface area contributed by atoms with Crippen LogP contribution in [0.15, 0.2) is 36.4 Å². The highest BCUT2D eigenvalue weighted by Crippen LogP contribution is 2.25. The zero-order valence-electron chi connectivity index (χ0n) is 13.4. The van der Waals surface area contributed by atoms with E-state index in [-0.39, 0.29) is 17.1 Å². The number of rotatable bonds is 5. The Hall–Kier alpha value is -3.16. The van der Waals surface area contributed by atoms with Gasteiger partial charge in [0.15, 0.2) is 0 Å². The number of nitrogens with two attached hydrogens (primary N) is 3. The van der Waals surface area contributed by atoms with Gasteiger partial charge in [-0.05, 0) is 30.7 Å². The largest absolute Gasteiger partial charge is 0.508 e. The second-order valence-electron chi connectivity index (χ2n) is 4.99. The first-order valence-electron chi connectivity index (χ1n) is 7.35. The van der Waals surface area contributed by atoms with Crippen molar-refractivity contribution in [1.29, 1.82) is 0 Å². The number of nitro groups is 1. The van der Waals surface area contributed by atoms with Crippen LogP contribution in [0, 0.1) is 10.1 Å². The van der Waals surface area contributed by atoms with Crippen LogP contribution in [0.2, 0.25) is 0 Å². The lowest BCUT2D eigenvalue weighted by Gasteiger charge is -2.06. The maximum Gasteiger partial charge on any atom is 0.295 e. The lowest BCUT2D eigenvalue weighted by Crippen LogP contribution is -1.99. The summed E-state index contributed by atoms with van der Waals surface area (Å²) in [4.78, 5) is 9.54. The molecule has 2 aromatic rings. The van der Waals surface area contributed by atoms with Gasteiger partial charge in [0.1, 0.15) is 17.2 Å². The predicted molar refractivity (Wildman–Crippen MR) is 94.8 cm³/mol. The minimum Gasteiger partial charge on any atom is -0.508 e. The summed E-state index contributed by atoms with van der Waals surface area (Å²) in [5.41, 5.74) is 17.4. The van der Waals surface area contributed by atoms with Gasteiger partial charge in [0, 0.05) is 6.07 Å². The van der Waals surface area contributed by atoms with E-state index in [1.54, 1.807) is 12.1 Å². The molecule has 0 amide bonds. The average molecular weight is 334 g/mol. The molecule has 130 valence electrons. The Labute approximate surface area is 140 Å². The summed E-state index contributed by atoms with van der Waals surface area (Å²) in [6.07, 6.45) is 2.19. The van der Waals surface area contributed by atoms with E-state index in [1.807, 2.05) is 6.07 Å². The molecule has 2 aromatic carbocycles. The molecule has 0 bridgehead atoms. The van der Waals surface area contributed by atoms with Crippen LogP contribution in [0.3, 0.4) is 0 Å². The van der Waals surface area contributed by atoms with Crippen LogP contribution in [0.4, 0.5) is 22.7 Å². The molecule has 0 saturated carbocycles. The third-order valence-corrected chi connectivity index (χ3v) is 3.04. The number of hydrogen-bond acceptors (Lipinski definition) is 7. The van der Waals surface area contributed by atoms with E-state index in [9.17, 15) is 10.1 Å². The highest BCUT2D eigenvalue weighted by atomic mass is 16.6. The Morgan fingerprint density at radius 2 is 1.75 bits per heavy atom. The van der Waals surface area contributed by atoms with E-state index >= 15 is 0 Å². The summed E-state index contributed by atoms with van der Waals surface area (Å²) in [6.45, 7) is 2.86. The quantitative estimate of drug-likeness (QED) is 0.216. The second kappa shape index (κ2) is 9.09. The number of phenols is 1. The Morgan fingerprint density at radius 3 is 2.29 bits per heavy atom. The topological polar surface area (TPSA) is 151 Å². The summed E-state index contributed by atoms with van der Waals surface area (Å²) in [5.74, 6) is 0.631. The molecule has 8 heteroatoms. The van der Waals surface area contributed by atoms with Crippen molar-refractivity contribution < 1.29 is 14.8 Å². The molecule has 0 aliphatic rings. The van der Waals surface area contributed by atoms with Gasteiger partial charge in [-0.25, -0.2) is 0 Å². The van der Waals surface area contributed by atoms with Gasteiger partial charge >= 0.3 is 0 Å². The molecule has 8 nitrogen and oxygen atoms in total. The number of nitro benzene ring substituents is 1. The van der Waals surface area contributed by atoms with Crippen molar-refractivity contribution in [3.8, 4) is 11.5 Å². The van der Waals surface area contributed by atoms with Crippen molar-refractivity contribution in [2.24, 2.45) is 0 Å². The van der Waals surface area contributed by atoms with Gasteiger partial charge in [-0.3, -0.25) is 10.1 Å². The smallest absolute Gasteiger partial charge is 0.295 e. The van der Waals surface area contributed by atoms with Crippen LogP contribution >= 0.6 is 0 Å². The van der Waals surface area contributed by atoms with E-state index in [4.69, 9.17) is 27.0 Å². The zero-order valence-corrected chi connectivity index (χ0v) is 13.4. The van der Waals surface area contributed by atoms with E-state index in [1.165, 1.54) is 12.1 Å². The molecule has 24 heavy (non-hydrogen) atoms. The van der Waals surface area contributed by atoms with Crippen LogP contribution in [0.25, 0.3) is 0 Å². The minimum absolute atomic E-state index is 0.0489. The summed E-state index contributed by atoms with van der Waals surface area (Å²) < 4.78 is 5.45. The van der Waals surface area contributed by atoms with E-state index in [2.05, 4.69) is 6.92 Å². The molecule has 2 rings (SSSR count). The van der Waals surface area contributed by atoms with Crippen molar-refractivity contribution in [2.75, 3.05) is 23.8 Å². The molecule has 0 aromatic heterocycles. The summed E-state index contributed by atoms with van der Waals surface area (Å²) in [6, 6.07) is 8.94. The highest BCUT2D eigenvalue weighted by Gasteiger charge is 2.10. The highest BCUT2D eigenvalue weighted by molar-refractivity contribution is 5.65. The molecule has 0 saturated heterocycles. The van der Waals surface area contributed by atoms with Crippen LogP contribution in [0.5, 0.6) is 11.5 Å². The Kier molecular flexibility index (Phi) is 7.15. The Bertz CT molecular complexity index is 692. The first-order valence-corrected chi connectivity index (χ1v) is 7.35. The molecule has 7 N–H and O–H groups in total. The monoisotopic (exact) mass is 334 g/mol. The normalized spacial score (nSPS) is 9.71. The number of unbranched alkanes of at least 4 members (excludes halogenated alkanes) is 1. The summed E-state index contributed by atoms with van der Waals surface area (Å²) in [5, 5.41) is 19.0. The summed E-state index contributed by atoms with van der Waals surface area (Å²) in [7, 11) is 0. The molecule has 0 atom stereocenters. The summed E-state index contributed by atoms with van der Waals surface area (Å²) >= 11 is 0. The van der Waals surface area contributed by atoms with Gasteiger partial charge < -0.3 is 27.0 Å². The number of aromatic hydroxyl groups is 1. The van der Waals surface area contributed by atoms with Gasteiger partial charge in [-0.1, -0.05) is 13.3 Å². The molecule has 0 radical (unpaired) electrons. The number of phenolic OH excluding ortho intramolecular Hbond substituents is 1. The fraction of sp³-hybridized carbons (Fsp3) is 0.250. The maximum atomic E-state index is 10.2. The van der Waals surface area contributed by atoms with Crippen molar-refractivity contribution >= 4 is 22.7 Å². The molecule has 0 aliphatic heterocycles. The predicted octanol–water partition coefficient (Wildman–Crippen LogP) is 2.91. The Morgan fingerprint density at radius 1 is 1.08 bits per heavy atom. The molecule has 0 heterocycles. The fourth-order valence-corrected chi connectivity index (χ4v) is 1.67. The number of anilines is 3. The molecule has 0 spiro atoms. The van der Waals surface area contributed by atoms with Gasteiger partial charge in [-0.15, -0.1) is 0 Å². The standard InChI is InChI=1S/C10H16N2O.C6H6N2O3/c1-2-3-6-13-8-4-5-9(11)10(12)7-8;7-5-2-1-4(9)3-6(5)8(10)11/h4-5,7H,2-3,6,11-12H2,1H3;1-3,9H,7H2. The van der Waals surface area contributed by atoms with E-state index in [0.29, 0.717) is 11.4 Å². The average Bonchev–Trinajstić information content (AvgIpc) is 2.54. The van der Waals surface area contributed by atoms with Crippen LogP contribution in [-0.4, -0.2) is 16.6 Å².